The second-order valence-corrected chi connectivity index (χ2v) is 5.75. The fourth-order valence-electron chi connectivity index (χ4n) is 2.44. The summed E-state index contributed by atoms with van der Waals surface area (Å²) in [6.45, 7) is 2.64. The standard InChI is InChI=1S/C20H19N3O2/c1-15-8-10-17(11-9-15)13-23-14-19(21-22-23)18(20(24)25-2)12-16-6-4-3-5-7-16/h3-12,14H,13H2,1-2H3. The molecule has 1 heterocycles. The van der Waals surface area contributed by atoms with Crippen molar-refractivity contribution >= 4 is 17.6 Å². The monoisotopic (exact) mass is 333 g/mol. The van der Waals surface area contributed by atoms with Crippen LogP contribution in [0.15, 0.2) is 60.8 Å². The molecule has 0 aliphatic carbocycles. The largest absolute Gasteiger partial charge is 0.465 e. The van der Waals surface area contributed by atoms with Crippen molar-refractivity contribution < 1.29 is 9.53 Å². The van der Waals surface area contributed by atoms with Gasteiger partial charge in [-0.15, -0.1) is 5.10 Å². The molecule has 0 atom stereocenters. The van der Waals surface area contributed by atoms with Gasteiger partial charge in [-0.1, -0.05) is 65.4 Å². The van der Waals surface area contributed by atoms with Gasteiger partial charge in [-0.05, 0) is 24.1 Å². The van der Waals surface area contributed by atoms with E-state index in [1.54, 1.807) is 17.0 Å². The molecule has 1 aromatic heterocycles. The number of nitrogens with zero attached hydrogens (tertiary/aromatic N) is 3. The first-order valence-electron chi connectivity index (χ1n) is 7.97. The molecular weight excluding hydrogens is 314 g/mol. The minimum absolute atomic E-state index is 0.379. The number of aromatic nitrogens is 3. The van der Waals surface area contributed by atoms with Crippen LogP contribution in [-0.4, -0.2) is 28.1 Å². The van der Waals surface area contributed by atoms with Crippen LogP contribution in [0.3, 0.4) is 0 Å². The van der Waals surface area contributed by atoms with Crippen molar-refractivity contribution in [2.24, 2.45) is 0 Å². The van der Waals surface area contributed by atoms with Crippen LogP contribution in [0.5, 0.6) is 0 Å². The van der Waals surface area contributed by atoms with E-state index in [2.05, 4.69) is 34.6 Å². The van der Waals surface area contributed by atoms with Crippen LogP contribution >= 0.6 is 0 Å². The lowest BCUT2D eigenvalue weighted by Crippen LogP contribution is -2.04. The van der Waals surface area contributed by atoms with E-state index in [1.807, 2.05) is 37.3 Å². The van der Waals surface area contributed by atoms with Crippen LogP contribution in [0, 0.1) is 6.92 Å². The van der Waals surface area contributed by atoms with Gasteiger partial charge >= 0.3 is 5.97 Å². The van der Waals surface area contributed by atoms with Gasteiger partial charge < -0.3 is 4.74 Å². The smallest absolute Gasteiger partial charge is 0.340 e. The molecule has 0 aliphatic heterocycles. The Morgan fingerprint density at radius 1 is 1.12 bits per heavy atom. The first kappa shape index (κ1) is 16.6. The average Bonchev–Trinajstić information content (AvgIpc) is 3.10. The van der Waals surface area contributed by atoms with Gasteiger partial charge in [-0.3, -0.25) is 0 Å². The molecule has 0 aliphatic rings. The Morgan fingerprint density at radius 2 is 1.84 bits per heavy atom. The van der Waals surface area contributed by atoms with E-state index in [9.17, 15) is 4.79 Å². The molecule has 126 valence electrons. The Morgan fingerprint density at radius 3 is 2.52 bits per heavy atom. The summed E-state index contributed by atoms with van der Waals surface area (Å²) in [7, 11) is 1.36. The van der Waals surface area contributed by atoms with Gasteiger partial charge in [-0.2, -0.15) is 0 Å². The maximum absolute atomic E-state index is 12.2. The van der Waals surface area contributed by atoms with Crippen molar-refractivity contribution in [1.29, 1.82) is 0 Å². The Balaban J connectivity index is 1.87. The van der Waals surface area contributed by atoms with E-state index in [0.717, 1.165) is 11.1 Å². The SMILES string of the molecule is COC(=O)C(=Cc1ccccc1)c1cn(Cc2ccc(C)cc2)nn1. The molecule has 0 spiro atoms. The van der Waals surface area contributed by atoms with E-state index in [0.29, 0.717) is 17.8 Å². The molecule has 2 aromatic carbocycles. The predicted octanol–water partition coefficient (Wildman–Crippen LogP) is 3.35. The Kier molecular flexibility index (Phi) is 5.04. The molecule has 0 radical (unpaired) electrons. The molecule has 3 rings (SSSR count). The number of carbonyl (C=O) groups is 1. The molecule has 25 heavy (non-hydrogen) atoms. The molecule has 0 amide bonds. The van der Waals surface area contributed by atoms with Crippen LogP contribution in [0.2, 0.25) is 0 Å². The van der Waals surface area contributed by atoms with Crippen LogP contribution < -0.4 is 0 Å². The molecule has 5 heteroatoms. The Bertz CT molecular complexity index is 881. The summed E-state index contributed by atoms with van der Waals surface area (Å²) in [5, 5.41) is 8.27. The Hall–Kier alpha value is -3.21. The number of hydrogen-bond acceptors (Lipinski definition) is 4. The van der Waals surface area contributed by atoms with Crippen molar-refractivity contribution in [1.82, 2.24) is 15.0 Å². The van der Waals surface area contributed by atoms with Gasteiger partial charge in [-0.25, -0.2) is 9.48 Å². The highest BCUT2D eigenvalue weighted by molar-refractivity contribution is 6.20. The quantitative estimate of drug-likeness (QED) is 0.531. The number of rotatable bonds is 5. The lowest BCUT2D eigenvalue weighted by atomic mass is 10.1. The zero-order valence-electron chi connectivity index (χ0n) is 14.2. The van der Waals surface area contributed by atoms with Gasteiger partial charge in [0.25, 0.3) is 0 Å². The second kappa shape index (κ2) is 7.57. The molecule has 5 nitrogen and oxygen atoms in total. The third-order valence-corrected chi connectivity index (χ3v) is 3.80. The number of methoxy groups -OCH3 is 1. The summed E-state index contributed by atoms with van der Waals surface area (Å²) in [4.78, 5) is 12.2. The first-order chi connectivity index (χ1) is 12.2. The van der Waals surface area contributed by atoms with Crippen molar-refractivity contribution in [2.75, 3.05) is 7.11 Å². The predicted molar refractivity (Wildman–Crippen MR) is 96.6 cm³/mol. The molecule has 0 saturated carbocycles. The number of ether oxygens (including phenoxy) is 1. The van der Waals surface area contributed by atoms with E-state index >= 15 is 0 Å². The molecule has 0 N–H and O–H groups in total. The topological polar surface area (TPSA) is 57.0 Å². The minimum Gasteiger partial charge on any atom is -0.465 e. The maximum Gasteiger partial charge on any atom is 0.340 e. The summed E-state index contributed by atoms with van der Waals surface area (Å²) in [5.74, 6) is -0.439. The summed E-state index contributed by atoms with van der Waals surface area (Å²) in [5.41, 5.74) is 4.10. The second-order valence-electron chi connectivity index (χ2n) is 5.75. The zero-order valence-corrected chi connectivity index (χ0v) is 14.2. The first-order valence-corrected chi connectivity index (χ1v) is 7.97. The number of aryl methyl sites for hydroxylation is 1. The van der Waals surface area contributed by atoms with Crippen molar-refractivity contribution in [2.45, 2.75) is 13.5 Å². The van der Waals surface area contributed by atoms with Crippen molar-refractivity contribution in [3.8, 4) is 0 Å². The molecule has 0 fully saturated rings. The van der Waals surface area contributed by atoms with Gasteiger partial charge in [0.05, 0.1) is 25.4 Å². The molecule has 3 aromatic rings. The minimum atomic E-state index is -0.439. The normalized spacial score (nSPS) is 11.4. The summed E-state index contributed by atoms with van der Waals surface area (Å²) in [6.07, 6.45) is 3.51. The molecule has 0 saturated heterocycles. The Labute approximate surface area is 146 Å². The van der Waals surface area contributed by atoms with Gasteiger partial charge in [0, 0.05) is 0 Å². The van der Waals surface area contributed by atoms with E-state index in [4.69, 9.17) is 4.74 Å². The highest BCUT2D eigenvalue weighted by atomic mass is 16.5. The highest BCUT2D eigenvalue weighted by Crippen LogP contribution is 2.18. The molecular formula is C20H19N3O2. The van der Waals surface area contributed by atoms with Crippen LogP contribution in [0.4, 0.5) is 0 Å². The number of benzene rings is 2. The lowest BCUT2D eigenvalue weighted by molar-refractivity contribution is -0.133. The van der Waals surface area contributed by atoms with Gasteiger partial charge in [0.2, 0.25) is 0 Å². The maximum atomic E-state index is 12.2. The van der Waals surface area contributed by atoms with Crippen LogP contribution in [-0.2, 0) is 16.1 Å². The van der Waals surface area contributed by atoms with Crippen LogP contribution in [0.25, 0.3) is 11.6 Å². The lowest BCUT2D eigenvalue weighted by Gasteiger charge is -2.03. The summed E-state index contributed by atoms with van der Waals surface area (Å²) < 4.78 is 6.61. The van der Waals surface area contributed by atoms with E-state index < -0.39 is 5.97 Å². The van der Waals surface area contributed by atoms with E-state index in [1.165, 1.54) is 12.7 Å². The van der Waals surface area contributed by atoms with Crippen molar-refractivity contribution in [3.63, 3.8) is 0 Å². The third-order valence-electron chi connectivity index (χ3n) is 3.80. The number of hydrogen-bond donors (Lipinski definition) is 0. The zero-order chi connectivity index (χ0) is 17.6. The fraction of sp³-hybridized carbons (Fsp3) is 0.150. The number of esters is 1. The van der Waals surface area contributed by atoms with Gasteiger partial charge in [0.15, 0.2) is 0 Å². The number of carbonyl (C=O) groups excluding carboxylic acids is 1. The summed E-state index contributed by atoms with van der Waals surface area (Å²) >= 11 is 0. The van der Waals surface area contributed by atoms with Crippen LogP contribution in [0.1, 0.15) is 22.4 Å². The van der Waals surface area contributed by atoms with Gasteiger partial charge in [0.1, 0.15) is 5.69 Å². The van der Waals surface area contributed by atoms with E-state index in [-0.39, 0.29) is 0 Å². The fourth-order valence-corrected chi connectivity index (χ4v) is 2.44. The third kappa shape index (κ3) is 4.20. The molecule has 0 bridgehead atoms. The highest BCUT2D eigenvalue weighted by Gasteiger charge is 2.16. The summed E-state index contributed by atoms with van der Waals surface area (Å²) in [6, 6.07) is 17.8. The van der Waals surface area contributed by atoms with Crippen molar-refractivity contribution in [3.05, 3.63) is 83.2 Å². The molecule has 0 unspecified atom stereocenters. The average molecular weight is 333 g/mol.